The average molecular weight is 382 g/mol. The van der Waals surface area contributed by atoms with E-state index in [1.807, 2.05) is 33.0 Å². The van der Waals surface area contributed by atoms with Crippen molar-refractivity contribution < 1.29 is 9.13 Å². The third kappa shape index (κ3) is 3.66. The molecule has 2 heterocycles. The van der Waals surface area contributed by atoms with Gasteiger partial charge in [0.05, 0.1) is 12.5 Å². The van der Waals surface area contributed by atoms with E-state index in [2.05, 4.69) is 11.9 Å². The minimum absolute atomic E-state index is 0.0703. The Morgan fingerprint density at radius 1 is 1.21 bits per heavy atom. The maximum absolute atomic E-state index is 15.1. The van der Waals surface area contributed by atoms with Gasteiger partial charge >= 0.3 is 0 Å². The van der Waals surface area contributed by atoms with Crippen molar-refractivity contribution >= 4 is 10.8 Å². The van der Waals surface area contributed by atoms with E-state index in [0.717, 1.165) is 23.8 Å². The molecule has 5 heteroatoms. The van der Waals surface area contributed by atoms with Crippen LogP contribution in [0.5, 0.6) is 5.75 Å². The molecule has 1 aromatic carbocycles. The quantitative estimate of drug-likeness (QED) is 0.601. The van der Waals surface area contributed by atoms with Crippen molar-refractivity contribution in [3.8, 4) is 16.9 Å². The zero-order chi connectivity index (χ0) is 20.5. The number of ether oxygens (including phenoxy) is 1. The van der Waals surface area contributed by atoms with E-state index in [1.54, 1.807) is 30.1 Å². The van der Waals surface area contributed by atoms with Gasteiger partial charge in [-0.25, -0.2) is 4.39 Å². The highest BCUT2D eigenvalue weighted by atomic mass is 19.1. The number of hydrogen-bond acceptors (Lipinski definition) is 3. The smallest absolute Gasteiger partial charge is 0.260 e. The zero-order valence-corrected chi connectivity index (χ0v) is 17.2. The Morgan fingerprint density at radius 3 is 2.61 bits per heavy atom. The molecule has 0 spiro atoms. The van der Waals surface area contributed by atoms with Crippen LogP contribution in [0.15, 0.2) is 41.6 Å². The zero-order valence-electron chi connectivity index (χ0n) is 17.2. The predicted octanol–water partition coefficient (Wildman–Crippen LogP) is 5.31. The SMILES string of the molecule is CCCCn1cc(-c2cc(F)c(C(C)(C)C)c(OC)c2)c2ccncc2c1=O. The van der Waals surface area contributed by atoms with E-state index >= 15 is 4.39 Å². The van der Waals surface area contributed by atoms with Gasteiger partial charge in [0.25, 0.3) is 5.56 Å². The molecule has 3 aromatic rings. The third-order valence-electron chi connectivity index (χ3n) is 4.97. The third-order valence-corrected chi connectivity index (χ3v) is 4.97. The monoisotopic (exact) mass is 382 g/mol. The van der Waals surface area contributed by atoms with Gasteiger partial charge in [0.1, 0.15) is 11.6 Å². The van der Waals surface area contributed by atoms with E-state index in [-0.39, 0.29) is 16.8 Å². The van der Waals surface area contributed by atoms with Crippen molar-refractivity contribution in [2.24, 2.45) is 0 Å². The molecule has 2 aromatic heterocycles. The van der Waals surface area contributed by atoms with Crippen molar-refractivity contribution in [1.29, 1.82) is 0 Å². The van der Waals surface area contributed by atoms with Crippen molar-refractivity contribution in [1.82, 2.24) is 9.55 Å². The number of benzene rings is 1. The summed E-state index contributed by atoms with van der Waals surface area (Å²) >= 11 is 0. The van der Waals surface area contributed by atoms with Gasteiger partial charge in [-0.1, -0.05) is 34.1 Å². The van der Waals surface area contributed by atoms with Crippen LogP contribution in [0.4, 0.5) is 4.39 Å². The molecule has 0 amide bonds. The molecule has 0 bridgehead atoms. The maximum atomic E-state index is 15.1. The Kier molecular flexibility index (Phi) is 5.54. The van der Waals surface area contributed by atoms with Crippen molar-refractivity contribution in [3.05, 3.63) is 58.5 Å². The van der Waals surface area contributed by atoms with Crippen LogP contribution in [0.3, 0.4) is 0 Å². The number of halogens is 1. The second-order valence-electron chi connectivity index (χ2n) is 8.10. The van der Waals surface area contributed by atoms with E-state index in [1.165, 1.54) is 6.07 Å². The van der Waals surface area contributed by atoms with Gasteiger partial charge < -0.3 is 9.30 Å². The first-order valence-corrected chi connectivity index (χ1v) is 9.63. The number of nitrogens with zero attached hydrogens (tertiary/aromatic N) is 2. The lowest BCUT2D eigenvalue weighted by Crippen LogP contribution is -2.20. The highest BCUT2D eigenvalue weighted by molar-refractivity contribution is 5.95. The van der Waals surface area contributed by atoms with E-state index in [0.29, 0.717) is 28.8 Å². The molecule has 148 valence electrons. The number of aromatic nitrogens is 2. The fraction of sp³-hybridized carbons (Fsp3) is 0.391. The number of rotatable bonds is 5. The van der Waals surface area contributed by atoms with Gasteiger partial charge in [-0.05, 0) is 41.0 Å². The Labute approximate surface area is 165 Å². The van der Waals surface area contributed by atoms with Crippen LogP contribution < -0.4 is 10.3 Å². The van der Waals surface area contributed by atoms with Gasteiger partial charge in [0, 0.05) is 36.3 Å². The molecule has 0 unspecified atom stereocenters. The molecule has 0 saturated heterocycles. The Bertz CT molecular complexity index is 1060. The highest BCUT2D eigenvalue weighted by Gasteiger charge is 2.25. The minimum Gasteiger partial charge on any atom is -0.496 e. The molecule has 0 saturated carbocycles. The normalized spacial score (nSPS) is 11.8. The van der Waals surface area contributed by atoms with Gasteiger partial charge in [0.15, 0.2) is 0 Å². The second kappa shape index (κ2) is 7.74. The van der Waals surface area contributed by atoms with Gasteiger partial charge in [-0.15, -0.1) is 0 Å². The molecule has 4 nitrogen and oxygen atoms in total. The summed E-state index contributed by atoms with van der Waals surface area (Å²) in [6, 6.07) is 5.19. The lowest BCUT2D eigenvalue weighted by atomic mass is 9.84. The fourth-order valence-corrected chi connectivity index (χ4v) is 3.59. The lowest BCUT2D eigenvalue weighted by Gasteiger charge is -2.24. The minimum atomic E-state index is -0.389. The molecule has 3 rings (SSSR count). The number of pyridine rings is 2. The van der Waals surface area contributed by atoms with Gasteiger partial charge in [-0.3, -0.25) is 9.78 Å². The average Bonchev–Trinajstić information content (AvgIpc) is 2.66. The topological polar surface area (TPSA) is 44.1 Å². The summed E-state index contributed by atoms with van der Waals surface area (Å²) in [5, 5.41) is 1.30. The lowest BCUT2D eigenvalue weighted by molar-refractivity contribution is 0.388. The van der Waals surface area contributed by atoms with E-state index in [4.69, 9.17) is 4.74 Å². The molecule has 0 aliphatic rings. The van der Waals surface area contributed by atoms with Crippen LogP contribution in [0.2, 0.25) is 0 Å². The van der Waals surface area contributed by atoms with Gasteiger partial charge in [0.2, 0.25) is 0 Å². The summed E-state index contributed by atoms with van der Waals surface area (Å²) in [7, 11) is 1.55. The first kappa shape index (κ1) is 20.1. The second-order valence-corrected chi connectivity index (χ2v) is 8.10. The maximum Gasteiger partial charge on any atom is 0.260 e. The molecule has 28 heavy (non-hydrogen) atoms. The van der Waals surface area contributed by atoms with Crippen LogP contribution in [-0.4, -0.2) is 16.7 Å². The number of hydrogen-bond donors (Lipinski definition) is 0. The van der Waals surface area contributed by atoms with Crippen LogP contribution >= 0.6 is 0 Å². The molecule has 0 aliphatic carbocycles. The fourth-order valence-electron chi connectivity index (χ4n) is 3.59. The van der Waals surface area contributed by atoms with Crippen molar-refractivity contribution in [3.63, 3.8) is 0 Å². The number of methoxy groups -OCH3 is 1. The summed E-state index contributed by atoms with van der Waals surface area (Å²) < 4.78 is 22.3. The molecule has 0 N–H and O–H groups in total. The van der Waals surface area contributed by atoms with E-state index < -0.39 is 0 Å². The predicted molar refractivity (Wildman–Crippen MR) is 112 cm³/mol. The van der Waals surface area contributed by atoms with Crippen LogP contribution in [0, 0.1) is 5.82 Å². The standard InChI is InChI=1S/C23H27FN2O2/c1-6-7-10-26-14-18(16-8-9-25-13-17(16)22(26)27)15-11-19(24)21(23(2,3)4)20(12-15)28-5/h8-9,11-14H,6-7,10H2,1-5H3. The number of aryl methyl sites for hydroxylation is 1. The summed E-state index contributed by atoms with van der Waals surface area (Å²) in [6.45, 7) is 8.58. The molecule has 0 fully saturated rings. The highest BCUT2D eigenvalue weighted by Crippen LogP contribution is 2.38. The molecule has 0 radical (unpaired) electrons. The Balaban J connectivity index is 2.30. The Hall–Kier alpha value is -2.69. The van der Waals surface area contributed by atoms with Gasteiger partial charge in [-0.2, -0.15) is 0 Å². The summed E-state index contributed by atoms with van der Waals surface area (Å²) in [4.78, 5) is 16.9. The first-order chi connectivity index (χ1) is 13.3. The van der Waals surface area contributed by atoms with Crippen LogP contribution in [-0.2, 0) is 12.0 Å². The molecular weight excluding hydrogens is 355 g/mol. The van der Waals surface area contributed by atoms with Crippen LogP contribution in [0.25, 0.3) is 21.9 Å². The molecule has 0 atom stereocenters. The number of fused-ring (bicyclic) bond motifs is 1. The van der Waals surface area contributed by atoms with Crippen molar-refractivity contribution in [2.75, 3.05) is 7.11 Å². The summed E-state index contributed by atoms with van der Waals surface area (Å²) in [6.07, 6.45) is 6.94. The summed E-state index contributed by atoms with van der Waals surface area (Å²) in [5.74, 6) is 0.200. The Morgan fingerprint density at radius 2 is 1.96 bits per heavy atom. The summed E-state index contributed by atoms with van der Waals surface area (Å²) in [5.41, 5.74) is 1.57. The molecule has 0 aliphatic heterocycles. The first-order valence-electron chi connectivity index (χ1n) is 9.63. The molecular formula is C23H27FN2O2. The number of unbranched alkanes of at least 4 members (excludes halogenated alkanes) is 1. The van der Waals surface area contributed by atoms with Crippen LogP contribution in [0.1, 0.15) is 46.1 Å². The van der Waals surface area contributed by atoms with Crippen molar-refractivity contribution in [2.45, 2.75) is 52.5 Å². The largest absolute Gasteiger partial charge is 0.496 e. The van der Waals surface area contributed by atoms with E-state index in [9.17, 15) is 4.79 Å².